The number of unbranched alkanes of at least 4 members (excludes halogenated alkanes) is 1. The Kier molecular flexibility index (Phi) is 7.20. The summed E-state index contributed by atoms with van der Waals surface area (Å²) in [7, 11) is 1.81. The number of hydrogen-bond donors (Lipinski definition) is 1. The van der Waals surface area contributed by atoms with Gasteiger partial charge in [0.25, 0.3) is 0 Å². The van der Waals surface area contributed by atoms with E-state index in [1.165, 1.54) is 51.7 Å². The average molecular weight is 256 g/mol. The summed E-state index contributed by atoms with van der Waals surface area (Å²) in [5, 5.41) is 0. The number of methoxy groups -OCH3 is 1. The molecule has 2 N–H and O–H groups in total. The largest absolute Gasteiger partial charge is 0.384 e. The van der Waals surface area contributed by atoms with Gasteiger partial charge in [0, 0.05) is 13.7 Å². The summed E-state index contributed by atoms with van der Waals surface area (Å²) in [4.78, 5) is 2.61. The molecule has 3 heteroatoms. The monoisotopic (exact) mass is 256 g/mol. The van der Waals surface area contributed by atoms with E-state index in [9.17, 15) is 0 Å². The molecule has 0 atom stereocenters. The molecule has 1 heterocycles. The molecule has 0 radical (unpaired) electrons. The van der Waals surface area contributed by atoms with Crippen molar-refractivity contribution in [3.63, 3.8) is 0 Å². The molecule has 0 spiro atoms. The molecule has 0 aromatic carbocycles. The number of hydrogen-bond acceptors (Lipinski definition) is 3. The Bertz CT molecular complexity index is 211. The van der Waals surface area contributed by atoms with Gasteiger partial charge in [0.15, 0.2) is 0 Å². The molecule has 1 aliphatic rings. The van der Waals surface area contributed by atoms with Crippen LogP contribution in [0.4, 0.5) is 0 Å². The van der Waals surface area contributed by atoms with Crippen molar-refractivity contribution in [1.82, 2.24) is 4.90 Å². The van der Waals surface area contributed by atoms with Gasteiger partial charge in [0.1, 0.15) is 0 Å². The Morgan fingerprint density at radius 1 is 1.22 bits per heavy atom. The van der Waals surface area contributed by atoms with Gasteiger partial charge in [-0.3, -0.25) is 0 Å². The highest BCUT2D eigenvalue weighted by atomic mass is 16.5. The number of nitrogens with zero attached hydrogens (tertiary/aromatic N) is 1. The molecule has 108 valence electrons. The summed E-state index contributed by atoms with van der Waals surface area (Å²) < 4.78 is 5.23. The summed E-state index contributed by atoms with van der Waals surface area (Å²) in [6.45, 7) is 10.1. The molecule has 1 fully saturated rings. The average Bonchev–Trinajstić information content (AvgIpc) is 2.37. The summed E-state index contributed by atoms with van der Waals surface area (Å²) in [6.07, 6.45) is 6.49. The highest BCUT2D eigenvalue weighted by Crippen LogP contribution is 2.22. The molecule has 0 amide bonds. The van der Waals surface area contributed by atoms with Crippen LogP contribution in [0.1, 0.15) is 46.0 Å². The van der Waals surface area contributed by atoms with E-state index in [1.807, 2.05) is 7.11 Å². The predicted molar refractivity (Wildman–Crippen MR) is 77.7 cm³/mol. The van der Waals surface area contributed by atoms with Gasteiger partial charge in [-0.1, -0.05) is 20.3 Å². The van der Waals surface area contributed by atoms with Crippen molar-refractivity contribution < 1.29 is 4.74 Å². The summed E-state index contributed by atoms with van der Waals surface area (Å²) >= 11 is 0. The van der Waals surface area contributed by atoms with E-state index in [2.05, 4.69) is 18.7 Å². The molecule has 3 nitrogen and oxygen atoms in total. The van der Waals surface area contributed by atoms with Crippen LogP contribution in [0.3, 0.4) is 0 Å². The van der Waals surface area contributed by atoms with Gasteiger partial charge in [-0.05, 0) is 63.2 Å². The van der Waals surface area contributed by atoms with Crippen molar-refractivity contribution in [3.8, 4) is 0 Å². The number of nitrogens with two attached hydrogens (primary N) is 1. The normalized spacial score (nSPS) is 19.3. The Morgan fingerprint density at radius 2 is 1.89 bits per heavy atom. The predicted octanol–water partition coefficient (Wildman–Crippen LogP) is 2.50. The van der Waals surface area contributed by atoms with Crippen LogP contribution in [0, 0.1) is 11.3 Å². The van der Waals surface area contributed by atoms with Crippen molar-refractivity contribution in [2.45, 2.75) is 46.0 Å². The zero-order chi connectivity index (χ0) is 13.4. The van der Waals surface area contributed by atoms with Crippen LogP contribution >= 0.6 is 0 Å². The van der Waals surface area contributed by atoms with E-state index in [4.69, 9.17) is 10.5 Å². The molecule has 0 saturated carbocycles. The molecular formula is C15H32N2O. The lowest BCUT2D eigenvalue weighted by molar-refractivity contribution is 0.0984. The van der Waals surface area contributed by atoms with Crippen LogP contribution < -0.4 is 5.73 Å². The van der Waals surface area contributed by atoms with Gasteiger partial charge >= 0.3 is 0 Å². The third kappa shape index (κ3) is 6.17. The number of rotatable bonds is 8. The standard InChI is InChI=1S/C15H32N2O/c1-15(2,13-16)8-4-5-9-17-10-6-14(7-11-17)12-18-3/h14H,4-13,16H2,1-3H3. The van der Waals surface area contributed by atoms with Crippen molar-refractivity contribution in [1.29, 1.82) is 0 Å². The van der Waals surface area contributed by atoms with Crippen LogP contribution in [0.15, 0.2) is 0 Å². The molecule has 0 bridgehead atoms. The first-order valence-corrected chi connectivity index (χ1v) is 7.49. The second-order valence-electron chi connectivity index (χ2n) is 6.57. The molecule has 0 aliphatic carbocycles. The highest BCUT2D eigenvalue weighted by Gasteiger charge is 2.19. The van der Waals surface area contributed by atoms with Gasteiger partial charge in [-0.15, -0.1) is 0 Å². The van der Waals surface area contributed by atoms with Crippen molar-refractivity contribution >= 4 is 0 Å². The van der Waals surface area contributed by atoms with Gasteiger partial charge in [-0.25, -0.2) is 0 Å². The molecule has 0 unspecified atom stereocenters. The Labute approximate surface area is 113 Å². The van der Waals surface area contributed by atoms with Crippen LogP contribution in [-0.4, -0.2) is 44.8 Å². The fourth-order valence-electron chi connectivity index (χ4n) is 2.65. The Morgan fingerprint density at radius 3 is 2.44 bits per heavy atom. The van der Waals surface area contributed by atoms with Crippen LogP contribution in [0.5, 0.6) is 0 Å². The van der Waals surface area contributed by atoms with E-state index in [0.29, 0.717) is 5.41 Å². The van der Waals surface area contributed by atoms with E-state index in [-0.39, 0.29) is 0 Å². The fourth-order valence-corrected chi connectivity index (χ4v) is 2.65. The number of ether oxygens (including phenoxy) is 1. The molecule has 18 heavy (non-hydrogen) atoms. The summed E-state index contributed by atoms with van der Waals surface area (Å²) in [5.41, 5.74) is 6.08. The first kappa shape index (κ1) is 15.9. The van der Waals surface area contributed by atoms with Crippen molar-refractivity contribution in [3.05, 3.63) is 0 Å². The second-order valence-corrected chi connectivity index (χ2v) is 6.57. The lowest BCUT2D eigenvalue weighted by atomic mass is 9.87. The minimum Gasteiger partial charge on any atom is -0.384 e. The zero-order valence-corrected chi connectivity index (χ0v) is 12.6. The smallest absolute Gasteiger partial charge is 0.0491 e. The number of likely N-dealkylation sites (tertiary alicyclic amines) is 1. The third-order valence-corrected chi connectivity index (χ3v) is 4.24. The molecule has 1 saturated heterocycles. The van der Waals surface area contributed by atoms with Crippen molar-refractivity contribution in [2.24, 2.45) is 17.1 Å². The summed E-state index contributed by atoms with van der Waals surface area (Å²) in [6, 6.07) is 0. The topological polar surface area (TPSA) is 38.5 Å². The molecule has 0 aromatic heterocycles. The Balaban J connectivity index is 2.04. The number of piperidine rings is 1. The minimum absolute atomic E-state index is 0.325. The van der Waals surface area contributed by atoms with Crippen LogP contribution in [0.25, 0.3) is 0 Å². The molecule has 1 rings (SSSR count). The maximum absolute atomic E-state index is 5.75. The quantitative estimate of drug-likeness (QED) is 0.678. The van der Waals surface area contributed by atoms with E-state index >= 15 is 0 Å². The van der Waals surface area contributed by atoms with Gasteiger partial charge in [-0.2, -0.15) is 0 Å². The molecule has 0 aromatic rings. The van der Waals surface area contributed by atoms with Crippen LogP contribution in [-0.2, 0) is 4.74 Å². The minimum atomic E-state index is 0.325. The van der Waals surface area contributed by atoms with Crippen LogP contribution in [0.2, 0.25) is 0 Å². The maximum Gasteiger partial charge on any atom is 0.0491 e. The van der Waals surface area contributed by atoms with E-state index < -0.39 is 0 Å². The maximum atomic E-state index is 5.75. The third-order valence-electron chi connectivity index (χ3n) is 4.24. The van der Waals surface area contributed by atoms with E-state index in [0.717, 1.165) is 19.1 Å². The molecule has 1 aliphatic heterocycles. The van der Waals surface area contributed by atoms with E-state index in [1.54, 1.807) is 0 Å². The highest BCUT2D eigenvalue weighted by molar-refractivity contribution is 4.73. The second kappa shape index (κ2) is 8.13. The first-order valence-electron chi connectivity index (χ1n) is 7.49. The van der Waals surface area contributed by atoms with Gasteiger partial charge in [0.05, 0.1) is 0 Å². The first-order chi connectivity index (χ1) is 8.57. The van der Waals surface area contributed by atoms with Crippen molar-refractivity contribution in [2.75, 3.05) is 39.9 Å². The summed E-state index contributed by atoms with van der Waals surface area (Å²) in [5.74, 6) is 0.794. The van der Waals surface area contributed by atoms with Gasteiger partial charge < -0.3 is 15.4 Å². The Hall–Kier alpha value is -0.120. The lowest BCUT2D eigenvalue weighted by Crippen LogP contribution is -2.35. The fraction of sp³-hybridized carbons (Fsp3) is 1.00. The lowest BCUT2D eigenvalue weighted by Gasteiger charge is -2.31. The zero-order valence-electron chi connectivity index (χ0n) is 12.6. The SMILES string of the molecule is COCC1CCN(CCCCC(C)(C)CN)CC1. The van der Waals surface area contributed by atoms with Gasteiger partial charge in [0.2, 0.25) is 0 Å². The molecular weight excluding hydrogens is 224 g/mol.